The average Bonchev–Trinajstić information content (AvgIpc) is 3.29. The number of primary amides is 1. The predicted molar refractivity (Wildman–Crippen MR) is 152 cm³/mol. The Labute approximate surface area is 222 Å². The Kier molecular flexibility index (Phi) is 14.1. The first-order valence-electron chi connectivity index (χ1n) is 13.9. The lowest BCUT2D eigenvalue weighted by molar-refractivity contribution is 0.0945. The smallest absolute Gasteiger partial charge is 0.267 e. The van der Waals surface area contributed by atoms with Crippen molar-refractivity contribution in [3.8, 4) is 11.3 Å². The van der Waals surface area contributed by atoms with Crippen molar-refractivity contribution in [3.63, 3.8) is 0 Å². The van der Waals surface area contributed by atoms with E-state index in [9.17, 15) is 9.59 Å². The molecule has 4 N–H and O–H groups in total. The van der Waals surface area contributed by atoms with Crippen LogP contribution in [-0.2, 0) is 7.05 Å². The Balaban J connectivity index is 1.93. The third-order valence-electron chi connectivity index (χ3n) is 6.41. The molecule has 0 atom stereocenters. The van der Waals surface area contributed by atoms with Gasteiger partial charge in [0.05, 0.1) is 17.1 Å². The molecule has 0 aliphatic carbocycles. The van der Waals surface area contributed by atoms with E-state index in [4.69, 9.17) is 10.7 Å². The van der Waals surface area contributed by atoms with Crippen LogP contribution in [0.3, 0.4) is 0 Å². The summed E-state index contributed by atoms with van der Waals surface area (Å²) in [6, 6.07) is 5.05. The van der Waals surface area contributed by atoms with Gasteiger partial charge in [0.25, 0.3) is 11.8 Å². The van der Waals surface area contributed by atoms with E-state index in [1.165, 1.54) is 51.4 Å². The molecule has 2 aromatic heterocycles. The number of hydrogen-bond donors (Lipinski definition) is 3. The van der Waals surface area contributed by atoms with Gasteiger partial charge in [-0.2, -0.15) is 0 Å². The summed E-state index contributed by atoms with van der Waals surface area (Å²) in [7, 11) is 1.80. The van der Waals surface area contributed by atoms with Gasteiger partial charge in [-0.25, -0.2) is 0 Å². The second-order valence-corrected chi connectivity index (χ2v) is 9.58. The molecule has 204 valence electrons. The molecule has 2 amide bonds. The number of nitrogens with two attached hydrogens (primary N) is 1. The largest absolute Gasteiger partial charge is 0.374 e. The highest BCUT2D eigenvalue weighted by Crippen LogP contribution is 2.23. The second-order valence-electron chi connectivity index (χ2n) is 9.58. The summed E-state index contributed by atoms with van der Waals surface area (Å²) in [4.78, 5) is 33.8. The van der Waals surface area contributed by atoms with Crippen LogP contribution in [0.15, 0.2) is 35.6 Å². The van der Waals surface area contributed by atoms with Crippen molar-refractivity contribution >= 4 is 17.6 Å². The molecule has 0 aliphatic heterocycles. The predicted octanol–water partition coefficient (Wildman–Crippen LogP) is 5.23. The maximum atomic E-state index is 12.9. The molecule has 2 rings (SSSR count). The van der Waals surface area contributed by atoms with Crippen LogP contribution in [-0.4, -0.2) is 46.8 Å². The van der Waals surface area contributed by atoms with Crippen molar-refractivity contribution in [1.29, 1.82) is 0 Å². The highest BCUT2D eigenvalue weighted by atomic mass is 16.2. The minimum atomic E-state index is -0.548. The van der Waals surface area contributed by atoms with Crippen LogP contribution in [0.25, 0.3) is 11.3 Å². The van der Waals surface area contributed by atoms with Crippen molar-refractivity contribution in [3.05, 3.63) is 41.9 Å². The van der Waals surface area contributed by atoms with Crippen molar-refractivity contribution in [2.45, 2.75) is 84.5 Å². The van der Waals surface area contributed by atoms with Crippen LogP contribution in [0.2, 0.25) is 0 Å². The third kappa shape index (κ3) is 10.8. The molecule has 2 aromatic rings. The fourth-order valence-corrected chi connectivity index (χ4v) is 4.25. The number of hydrogen-bond acceptors (Lipinski definition) is 4. The quantitative estimate of drug-likeness (QED) is 0.145. The third-order valence-corrected chi connectivity index (χ3v) is 6.41. The number of amides is 2. The Morgan fingerprint density at radius 2 is 1.68 bits per heavy atom. The molecule has 0 fully saturated rings. The van der Waals surface area contributed by atoms with Crippen LogP contribution < -0.4 is 16.4 Å². The monoisotopic (exact) mass is 510 g/mol. The molecule has 0 radical (unpaired) electrons. The van der Waals surface area contributed by atoms with Crippen LogP contribution in [0.5, 0.6) is 0 Å². The van der Waals surface area contributed by atoms with E-state index in [1.54, 1.807) is 42.2 Å². The van der Waals surface area contributed by atoms with Gasteiger partial charge in [0.1, 0.15) is 5.69 Å². The normalized spacial score (nSPS) is 11.5. The summed E-state index contributed by atoms with van der Waals surface area (Å²) in [6.07, 6.45) is 16.3. The van der Waals surface area contributed by atoms with E-state index in [-0.39, 0.29) is 5.91 Å². The molecule has 0 aromatic carbocycles. The molecule has 0 unspecified atom stereocenters. The minimum absolute atomic E-state index is 0.177. The van der Waals surface area contributed by atoms with Gasteiger partial charge >= 0.3 is 0 Å². The summed E-state index contributed by atoms with van der Waals surface area (Å²) in [5, 5.41) is 6.52. The lowest BCUT2D eigenvalue weighted by atomic mass is 10.1. The Morgan fingerprint density at radius 3 is 2.38 bits per heavy atom. The summed E-state index contributed by atoms with van der Waals surface area (Å²) < 4.78 is 1.74. The number of carbonyl (C=O) groups excluding carboxylic acids is 2. The lowest BCUT2D eigenvalue weighted by Crippen LogP contribution is -2.32. The number of pyridine rings is 1. The molecule has 0 bridgehead atoms. The number of carbonyl (C=O) groups is 2. The van der Waals surface area contributed by atoms with E-state index >= 15 is 0 Å². The van der Waals surface area contributed by atoms with Crippen LogP contribution in [0.4, 0.5) is 0 Å². The molecule has 0 saturated heterocycles. The van der Waals surface area contributed by atoms with E-state index < -0.39 is 5.91 Å². The van der Waals surface area contributed by atoms with E-state index in [0.29, 0.717) is 35.5 Å². The van der Waals surface area contributed by atoms with Crippen LogP contribution in [0.1, 0.15) is 105 Å². The Hall–Kier alpha value is -3.16. The van der Waals surface area contributed by atoms with Crippen molar-refractivity contribution in [2.24, 2.45) is 17.8 Å². The number of nitrogens with zero attached hydrogens (tertiary/aromatic N) is 3. The van der Waals surface area contributed by atoms with Gasteiger partial charge in [-0.3, -0.25) is 19.6 Å². The molecular formula is C29H46N6O2. The molecule has 0 spiro atoms. The number of aliphatic imine (C=N–C) groups is 1. The van der Waals surface area contributed by atoms with E-state index in [0.717, 1.165) is 31.8 Å². The Bertz CT molecular complexity index is 998. The summed E-state index contributed by atoms with van der Waals surface area (Å²) in [5.41, 5.74) is 7.47. The van der Waals surface area contributed by atoms with Crippen molar-refractivity contribution in [1.82, 2.24) is 20.2 Å². The number of amidine groups is 1. The number of aromatic nitrogens is 2. The lowest BCUT2D eigenvalue weighted by Gasteiger charge is -2.12. The second kappa shape index (κ2) is 17.3. The molecule has 0 aliphatic rings. The highest BCUT2D eigenvalue weighted by Gasteiger charge is 2.17. The molecular weight excluding hydrogens is 464 g/mol. The molecule has 8 nitrogen and oxygen atoms in total. The number of nitrogens with one attached hydrogen (secondary N) is 2. The maximum absolute atomic E-state index is 12.9. The first kappa shape index (κ1) is 30.1. The summed E-state index contributed by atoms with van der Waals surface area (Å²) in [5.74, 6) is 0.246. The van der Waals surface area contributed by atoms with E-state index in [1.807, 2.05) is 0 Å². The van der Waals surface area contributed by atoms with Crippen molar-refractivity contribution in [2.75, 3.05) is 19.6 Å². The topological polar surface area (TPSA) is 114 Å². The zero-order chi connectivity index (χ0) is 26.9. The number of rotatable bonds is 18. The minimum Gasteiger partial charge on any atom is -0.374 e. The first-order valence-corrected chi connectivity index (χ1v) is 13.9. The van der Waals surface area contributed by atoms with Crippen LogP contribution >= 0.6 is 0 Å². The standard InChI is InChI=1S/C29H46N6O2/c1-4-6-8-10-12-17-31-26(32-18-13-11-9-7-5-2)16-20-34-29(37)25-21-23(22-35(25)3)27-24(28(30)36)15-14-19-33-27/h14-15,19,21-22H,4-13,16-18,20H2,1-3H3,(H2,30,36)(H,31,32)(H,34,37). The van der Waals surface area contributed by atoms with Gasteiger partial charge in [0.15, 0.2) is 0 Å². The highest BCUT2D eigenvalue weighted by molar-refractivity contribution is 6.00. The van der Waals surface area contributed by atoms with Gasteiger partial charge in [-0.05, 0) is 31.0 Å². The maximum Gasteiger partial charge on any atom is 0.267 e. The van der Waals surface area contributed by atoms with Gasteiger partial charge in [-0.15, -0.1) is 0 Å². The summed E-state index contributed by atoms with van der Waals surface area (Å²) in [6.45, 7) is 6.68. The molecule has 8 heteroatoms. The van der Waals surface area contributed by atoms with Gasteiger partial charge in [0.2, 0.25) is 0 Å². The zero-order valence-corrected chi connectivity index (χ0v) is 23.0. The SMILES string of the molecule is CCCCCCC/N=C(\CCNC(=O)c1cc(-c2ncccc2C(N)=O)cn1C)NCCCCCCC. The number of unbranched alkanes of at least 4 members (excludes halogenated alkanes) is 8. The van der Waals surface area contributed by atoms with Gasteiger partial charge in [0, 0.05) is 51.1 Å². The first-order chi connectivity index (χ1) is 18.0. The van der Waals surface area contributed by atoms with E-state index in [2.05, 4.69) is 29.5 Å². The zero-order valence-electron chi connectivity index (χ0n) is 23.0. The fourth-order valence-electron chi connectivity index (χ4n) is 4.25. The number of aryl methyl sites for hydroxylation is 1. The van der Waals surface area contributed by atoms with Crippen molar-refractivity contribution < 1.29 is 9.59 Å². The molecule has 0 saturated carbocycles. The fraction of sp³-hybridized carbons (Fsp3) is 0.586. The Morgan fingerprint density at radius 1 is 0.973 bits per heavy atom. The van der Waals surface area contributed by atoms with Gasteiger partial charge in [-0.1, -0.05) is 65.2 Å². The summed E-state index contributed by atoms with van der Waals surface area (Å²) >= 11 is 0. The molecule has 2 heterocycles. The molecule has 37 heavy (non-hydrogen) atoms. The average molecular weight is 511 g/mol. The van der Waals surface area contributed by atoms with Gasteiger partial charge < -0.3 is 20.9 Å². The van der Waals surface area contributed by atoms with Crippen LogP contribution in [0, 0.1) is 0 Å².